The average molecular weight is 495 g/mol. The number of aliphatic hydroxyl groups is 1. The van der Waals surface area contributed by atoms with Gasteiger partial charge in [0.1, 0.15) is 18.5 Å². The Morgan fingerprint density at radius 1 is 0.946 bits per heavy atom. The summed E-state index contributed by atoms with van der Waals surface area (Å²) in [6, 6.07) is 25.8. The minimum Gasteiger partial charge on any atom is -0.489 e. The molecule has 0 radical (unpaired) electrons. The van der Waals surface area contributed by atoms with Gasteiger partial charge in [0.25, 0.3) is 0 Å². The highest BCUT2D eigenvalue weighted by Gasteiger charge is 2.39. The maximum Gasteiger partial charge on any atom is 0.338 e. The van der Waals surface area contributed by atoms with Crippen molar-refractivity contribution in [3.05, 3.63) is 101 Å². The van der Waals surface area contributed by atoms with Crippen LogP contribution in [0, 0.1) is 0 Å². The number of aliphatic hydroxyl groups excluding tert-OH is 1. The van der Waals surface area contributed by atoms with Gasteiger partial charge in [-0.2, -0.15) is 0 Å². The Morgan fingerprint density at radius 2 is 1.78 bits per heavy atom. The molecule has 2 aliphatic heterocycles. The van der Waals surface area contributed by atoms with E-state index in [1.54, 1.807) is 0 Å². The number of carbonyl (C=O) groups is 1. The Kier molecular flexibility index (Phi) is 6.19. The molecule has 188 valence electrons. The van der Waals surface area contributed by atoms with Gasteiger partial charge in [-0.25, -0.2) is 4.79 Å². The molecule has 1 fully saturated rings. The van der Waals surface area contributed by atoms with Crippen molar-refractivity contribution >= 4 is 16.7 Å². The summed E-state index contributed by atoms with van der Waals surface area (Å²) in [6.45, 7) is 4.20. The molecule has 0 aromatic heterocycles. The van der Waals surface area contributed by atoms with Crippen molar-refractivity contribution in [1.82, 2.24) is 0 Å². The van der Waals surface area contributed by atoms with E-state index in [0.717, 1.165) is 33.0 Å². The fourth-order valence-corrected chi connectivity index (χ4v) is 5.95. The highest BCUT2D eigenvalue weighted by molar-refractivity contribution is 6.06. The Labute approximate surface area is 216 Å². The van der Waals surface area contributed by atoms with Crippen molar-refractivity contribution in [2.45, 2.75) is 57.7 Å². The van der Waals surface area contributed by atoms with Gasteiger partial charge in [-0.3, -0.25) is 0 Å². The van der Waals surface area contributed by atoms with Gasteiger partial charge < -0.3 is 19.3 Å². The van der Waals surface area contributed by atoms with Crippen LogP contribution in [0.4, 0.5) is 0 Å². The van der Waals surface area contributed by atoms with E-state index in [4.69, 9.17) is 14.2 Å². The summed E-state index contributed by atoms with van der Waals surface area (Å²) in [5.41, 5.74) is 4.82. The van der Waals surface area contributed by atoms with E-state index in [0.29, 0.717) is 29.9 Å². The first-order chi connectivity index (χ1) is 18.0. The van der Waals surface area contributed by atoms with E-state index >= 15 is 0 Å². The van der Waals surface area contributed by atoms with Crippen LogP contribution < -0.4 is 4.74 Å². The van der Waals surface area contributed by atoms with E-state index in [9.17, 15) is 9.90 Å². The zero-order valence-corrected chi connectivity index (χ0v) is 21.0. The van der Waals surface area contributed by atoms with Crippen LogP contribution in [-0.4, -0.2) is 29.4 Å². The molecule has 2 heterocycles. The number of hydrogen-bond acceptors (Lipinski definition) is 5. The fourth-order valence-electron chi connectivity index (χ4n) is 5.95. The van der Waals surface area contributed by atoms with Crippen LogP contribution in [0.25, 0.3) is 21.9 Å². The molecular formula is C32H30O5. The van der Waals surface area contributed by atoms with Crippen LogP contribution in [-0.2, 0) is 22.7 Å². The second-order valence-electron chi connectivity index (χ2n) is 10.1. The molecule has 5 bridgehead atoms. The lowest BCUT2D eigenvalue weighted by Crippen LogP contribution is -2.42. The van der Waals surface area contributed by atoms with Crippen LogP contribution in [0.3, 0.4) is 0 Å². The molecule has 5 heteroatoms. The minimum absolute atomic E-state index is 0.0363. The molecule has 4 atom stereocenters. The summed E-state index contributed by atoms with van der Waals surface area (Å²) in [6.07, 6.45) is 0.0714. The first kappa shape index (κ1) is 23.7. The van der Waals surface area contributed by atoms with Gasteiger partial charge in [0.15, 0.2) is 0 Å². The Morgan fingerprint density at radius 3 is 2.59 bits per heavy atom. The van der Waals surface area contributed by atoms with Gasteiger partial charge in [0.2, 0.25) is 0 Å². The average Bonchev–Trinajstić information content (AvgIpc) is 2.90. The Hall–Kier alpha value is -3.67. The number of fused-ring (bicyclic) bond motifs is 6. The number of esters is 1. The summed E-state index contributed by atoms with van der Waals surface area (Å²) in [5.74, 6) is 0.167. The topological polar surface area (TPSA) is 65.0 Å². The van der Waals surface area contributed by atoms with Crippen LogP contribution in [0.1, 0.15) is 53.2 Å². The van der Waals surface area contributed by atoms with E-state index in [2.05, 4.69) is 12.1 Å². The third-order valence-corrected chi connectivity index (χ3v) is 7.58. The number of carbonyl (C=O) groups excluding carboxylic acids is 1. The normalized spacial score (nSPS) is 23.3. The lowest BCUT2D eigenvalue weighted by atomic mass is 9.83. The summed E-state index contributed by atoms with van der Waals surface area (Å²) >= 11 is 0. The van der Waals surface area contributed by atoms with Crippen LogP contribution in [0.2, 0.25) is 0 Å². The molecule has 0 saturated carbocycles. The first-order valence-electron chi connectivity index (χ1n) is 12.9. The molecular weight excluding hydrogens is 464 g/mol. The quantitative estimate of drug-likeness (QED) is 0.327. The molecule has 0 spiro atoms. The van der Waals surface area contributed by atoms with E-state index in [1.807, 2.05) is 80.6 Å². The van der Waals surface area contributed by atoms with Crippen molar-refractivity contribution in [2.24, 2.45) is 0 Å². The van der Waals surface area contributed by atoms with Crippen molar-refractivity contribution in [2.75, 3.05) is 0 Å². The molecule has 0 amide bonds. The third kappa shape index (κ3) is 4.39. The second kappa shape index (κ2) is 9.66. The third-order valence-electron chi connectivity index (χ3n) is 7.58. The maximum atomic E-state index is 13.9. The molecule has 2 aliphatic rings. The molecule has 0 aliphatic carbocycles. The Balaban J connectivity index is 1.57. The van der Waals surface area contributed by atoms with Gasteiger partial charge in [-0.1, -0.05) is 60.7 Å². The fraction of sp³-hybridized carbons (Fsp3) is 0.281. The lowest BCUT2D eigenvalue weighted by Gasteiger charge is -2.39. The minimum atomic E-state index is -0.432. The molecule has 6 rings (SSSR count). The summed E-state index contributed by atoms with van der Waals surface area (Å²) < 4.78 is 18.7. The zero-order chi connectivity index (χ0) is 25.5. The highest BCUT2D eigenvalue weighted by atomic mass is 16.6. The molecule has 1 saturated heterocycles. The predicted molar refractivity (Wildman–Crippen MR) is 143 cm³/mol. The van der Waals surface area contributed by atoms with Crippen LogP contribution >= 0.6 is 0 Å². The zero-order valence-electron chi connectivity index (χ0n) is 21.0. The van der Waals surface area contributed by atoms with E-state index in [1.165, 1.54) is 0 Å². The number of benzene rings is 4. The van der Waals surface area contributed by atoms with Crippen LogP contribution in [0.5, 0.6) is 5.75 Å². The van der Waals surface area contributed by atoms with Gasteiger partial charge in [-0.15, -0.1) is 0 Å². The van der Waals surface area contributed by atoms with Gasteiger partial charge in [0.05, 0.1) is 24.4 Å². The largest absolute Gasteiger partial charge is 0.489 e. The van der Waals surface area contributed by atoms with E-state index < -0.39 is 5.97 Å². The molecule has 1 N–H and O–H groups in total. The SMILES string of the molecule is CC1C[C@@H]2OC(=O)c3cc4cc(ccc4c(-c4ccccc4)c3CO)OCc3cccc(c3)C2C(C)O1. The van der Waals surface area contributed by atoms with Crippen LogP contribution in [0.15, 0.2) is 78.9 Å². The Bertz CT molecular complexity index is 1460. The second-order valence-corrected chi connectivity index (χ2v) is 10.1. The van der Waals surface area contributed by atoms with Crippen molar-refractivity contribution in [3.8, 4) is 16.9 Å². The molecule has 5 nitrogen and oxygen atoms in total. The number of rotatable bonds is 2. The number of ether oxygens (including phenoxy) is 3. The molecule has 3 unspecified atom stereocenters. The summed E-state index contributed by atoms with van der Waals surface area (Å²) in [5, 5.41) is 12.3. The molecule has 4 aromatic rings. The van der Waals surface area contributed by atoms with Crippen molar-refractivity contribution in [3.63, 3.8) is 0 Å². The van der Waals surface area contributed by atoms with Gasteiger partial charge in [0, 0.05) is 17.9 Å². The van der Waals surface area contributed by atoms with Crippen molar-refractivity contribution < 1.29 is 24.1 Å². The molecule has 37 heavy (non-hydrogen) atoms. The van der Waals surface area contributed by atoms with Crippen molar-refractivity contribution in [1.29, 1.82) is 0 Å². The predicted octanol–water partition coefficient (Wildman–Crippen LogP) is 6.40. The lowest BCUT2D eigenvalue weighted by molar-refractivity contribution is -0.101. The monoisotopic (exact) mass is 494 g/mol. The number of hydrogen-bond donors (Lipinski definition) is 1. The summed E-state index contributed by atoms with van der Waals surface area (Å²) in [4.78, 5) is 13.9. The maximum absolute atomic E-state index is 13.9. The van der Waals surface area contributed by atoms with Gasteiger partial charge >= 0.3 is 5.97 Å². The standard InChI is InChI=1S/C32H30O5/c1-19-13-29-30(20(2)36-19)23-10-6-7-21(14-23)18-35-25-11-12-26-24(15-25)16-27(32(34)37-29)28(17-33)31(26)22-8-4-3-5-9-22/h3-12,14-16,19-20,29-30,33H,13,17-18H2,1-2H3/t19?,20?,29-,30?/m0/s1. The molecule has 4 aromatic carbocycles. The van der Waals surface area contributed by atoms with Gasteiger partial charge in [-0.05, 0) is 65.1 Å². The van der Waals surface area contributed by atoms with E-state index in [-0.39, 0.29) is 30.8 Å². The smallest absolute Gasteiger partial charge is 0.338 e. The summed E-state index contributed by atoms with van der Waals surface area (Å²) in [7, 11) is 0. The first-order valence-corrected chi connectivity index (χ1v) is 12.9. The highest BCUT2D eigenvalue weighted by Crippen LogP contribution is 2.40.